The molecule has 0 bridgehead atoms. The minimum absolute atomic E-state index is 0.0272. The normalized spacial score (nSPS) is 23.2. The van der Waals surface area contributed by atoms with Crippen molar-refractivity contribution < 1.29 is 19.0 Å². The van der Waals surface area contributed by atoms with E-state index >= 15 is 0 Å². The van der Waals surface area contributed by atoms with Gasteiger partial charge in [-0.3, -0.25) is 4.79 Å². The number of anilines is 1. The molecule has 1 N–H and O–H groups in total. The molecule has 0 aliphatic carbocycles. The lowest BCUT2D eigenvalue weighted by molar-refractivity contribution is 0.0242. The van der Waals surface area contributed by atoms with Crippen molar-refractivity contribution in [1.82, 2.24) is 4.90 Å². The van der Waals surface area contributed by atoms with E-state index in [0.717, 1.165) is 36.4 Å². The van der Waals surface area contributed by atoms with Crippen LogP contribution in [0.2, 0.25) is 0 Å². The minimum Gasteiger partial charge on any atom is -0.491 e. The topological polar surface area (TPSA) is 60.0 Å². The van der Waals surface area contributed by atoms with Crippen LogP contribution in [0.5, 0.6) is 5.75 Å². The van der Waals surface area contributed by atoms with Crippen LogP contribution in [0.25, 0.3) is 0 Å². The molecule has 1 fully saturated rings. The number of benzene rings is 2. The molecule has 30 heavy (non-hydrogen) atoms. The first-order valence-corrected chi connectivity index (χ1v) is 10.7. The fourth-order valence-electron chi connectivity index (χ4n) is 4.18. The van der Waals surface area contributed by atoms with Crippen LogP contribution in [0.4, 0.5) is 5.69 Å². The number of hydrogen-bond acceptors (Lipinski definition) is 5. The van der Waals surface area contributed by atoms with Gasteiger partial charge in [-0.25, -0.2) is 0 Å². The molecular weight excluding hydrogens is 380 g/mol. The zero-order chi connectivity index (χ0) is 21.0. The van der Waals surface area contributed by atoms with Crippen LogP contribution in [0.15, 0.2) is 48.5 Å². The highest BCUT2D eigenvalue weighted by molar-refractivity contribution is 6.02. The third-order valence-electron chi connectivity index (χ3n) is 5.85. The van der Waals surface area contributed by atoms with Crippen molar-refractivity contribution in [3.8, 4) is 5.75 Å². The average molecular weight is 411 g/mol. The second-order valence-corrected chi connectivity index (χ2v) is 7.86. The van der Waals surface area contributed by atoms with Crippen LogP contribution < -0.4 is 10.1 Å². The van der Waals surface area contributed by atoms with Crippen LogP contribution in [-0.2, 0) is 15.1 Å². The molecule has 0 saturated carbocycles. The summed E-state index contributed by atoms with van der Waals surface area (Å²) in [5.74, 6) is 0.814. The van der Waals surface area contributed by atoms with Crippen molar-refractivity contribution >= 4 is 11.6 Å². The van der Waals surface area contributed by atoms with Gasteiger partial charge in [-0.15, -0.1) is 0 Å². The fourth-order valence-corrected chi connectivity index (χ4v) is 4.18. The summed E-state index contributed by atoms with van der Waals surface area (Å²) in [5, 5.41) is 3.61. The SMILES string of the molecule is CCOCCOc1ccc(C2(C)Nc3ccccc3C(=O)N2CC2CCCO2)cc1. The van der Waals surface area contributed by atoms with Gasteiger partial charge in [0.1, 0.15) is 18.0 Å². The number of ether oxygens (including phenoxy) is 3. The van der Waals surface area contributed by atoms with Gasteiger partial charge < -0.3 is 24.4 Å². The molecular formula is C24H30N2O4. The van der Waals surface area contributed by atoms with E-state index in [1.54, 1.807) is 0 Å². The Bertz CT molecular complexity index is 864. The lowest BCUT2D eigenvalue weighted by Crippen LogP contribution is -2.57. The number of para-hydroxylation sites is 1. The summed E-state index contributed by atoms with van der Waals surface area (Å²) in [4.78, 5) is 15.4. The molecule has 1 amide bonds. The van der Waals surface area contributed by atoms with Crippen LogP contribution in [0.3, 0.4) is 0 Å². The highest BCUT2D eigenvalue weighted by Gasteiger charge is 2.43. The molecule has 0 aromatic heterocycles. The smallest absolute Gasteiger partial charge is 0.258 e. The molecule has 2 heterocycles. The third kappa shape index (κ3) is 4.16. The lowest BCUT2D eigenvalue weighted by atomic mass is 9.93. The summed E-state index contributed by atoms with van der Waals surface area (Å²) < 4.78 is 16.9. The largest absolute Gasteiger partial charge is 0.491 e. The average Bonchev–Trinajstić information content (AvgIpc) is 3.28. The van der Waals surface area contributed by atoms with Crippen molar-refractivity contribution in [2.75, 3.05) is 38.3 Å². The van der Waals surface area contributed by atoms with Gasteiger partial charge >= 0.3 is 0 Å². The molecule has 2 unspecified atom stereocenters. The standard InChI is InChI=1S/C24H30N2O4/c1-3-28-15-16-30-19-12-10-18(11-13-19)24(2)25-22-9-5-4-8-21(22)23(27)26(24)17-20-7-6-14-29-20/h4-5,8-13,20,25H,3,6-7,14-17H2,1-2H3. The zero-order valence-corrected chi connectivity index (χ0v) is 17.7. The molecule has 4 rings (SSSR count). The number of nitrogens with one attached hydrogen (secondary N) is 1. The number of rotatable bonds is 8. The summed E-state index contributed by atoms with van der Waals surface area (Å²) in [6.45, 7) is 7.11. The van der Waals surface area contributed by atoms with E-state index in [0.29, 0.717) is 31.9 Å². The van der Waals surface area contributed by atoms with Gasteiger partial charge in [0.2, 0.25) is 0 Å². The number of amides is 1. The summed E-state index contributed by atoms with van der Waals surface area (Å²) in [6.07, 6.45) is 2.09. The van der Waals surface area contributed by atoms with Crippen molar-refractivity contribution in [2.45, 2.75) is 38.5 Å². The van der Waals surface area contributed by atoms with Crippen LogP contribution in [0, 0.1) is 0 Å². The fraction of sp³-hybridized carbons (Fsp3) is 0.458. The van der Waals surface area contributed by atoms with Crippen LogP contribution in [-0.4, -0.2) is 49.9 Å². The third-order valence-corrected chi connectivity index (χ3v) is 5.85. The van der Waals surface area contributed by atoms with Crippen molar-refractivity contribution in [1.29, 1.82) is 0 Å². The molecule has 6 nitrogen and oxygen atoms in total. The molecule has 6 heteroatoms. The number of carbonyl (C=O) groups excluding carboxylic acids is 1. The number of carbonyl (C=O) groups is 1. The van der Waals surface area contributed by atoms with Gasteiger partial charge in [-0.05, 0) is 56.5 Å². The maximum atomic E-state index is 13.5. The first-order valence-electron chi connectivity index (χ1n) is 10.7. The molecule has 2 aromatic carbocycles. The Morgan fingerprint density at radius 1 is 1.17 bits per heavy atom. The number of hydrogen-bond donors (Lipinski definition) is 1. The van der Waals surface area contributed by atoms with Gasteiger partial charge in [-0.1, -0.05) is 24.3 Å². The lowest BCUT2D eigenvalue weighted by Gasteiger charge is -2.47. The van der Waals surface area contributed by atoms with Gasteiger partial charge in [-0.2, -0.15) is 0 Å². The second kappa shape index (κ2) is 9.06. The van der Waals surface area contributed by atoms with E-state index in [1.165, 1.54) is 0 Å². The molecule has 2 aliphatic rings. The first-order chi connectivity index (χ1) is 14.6. The first kappa shape index (κ1) is 20.7. The highest BCUT2D eigenvalue weighted by Crippen LogP contribution is 2.39. The monoisotopic (exact) mass is 410 g/mol. The van der Waals surface area contributed by atoms with E-state index in [4.69, 9.17) is 14.2 Å². The van der Waals surface area contributed by atoms with Gasteiger partial charge in [0.05, 0.1) is 18.3 Å². The Labute approximate surface area is 178 Å². The predicted molar refractivity (Wildman–Crippen MR) is 116 cm³/mol. The highest BCUT2D eigenvalue weighted by atomic mass is 16.5. The van der Waals surface area contributed by atoms with Crippen molar-refractivity contribution in [3.63, 3.8) is 0 Å². The Morgan fingerprint density at radius 2 is 1.97 bits per heavy atom. The van der Waals surface area contributed by atoms with Gasteiger partial charge in [0.15, 0.2) is 0 Å². The summed E-state index contributed by atoms with van der Waals surface area (Å²) in [6, 6.07) is 15.6. The maximum Gasteiger partial charge on any atom is 0.258 e. The Hall–Kier alpha value is -2.57. The van der Waals surface area contributed by atoms with Gasteiger partial charge in [0, 0.05) is 25.4 Å². The van der Waals surface area contributed by atoms with Crippen molar-refractivity contribution in [3.05, 3.63) is 59.7 Å². The number of nitrogens with zero attached hydrogens (tertiary/aromatic N) is 1. The second-order valence-electron chi connectivity index (χ2n) is 7.86. The van der Waals surface area contributed by atoms with E-state index in [2.05, 4.69) is 12.2 Å². The Balaban J connectivity index is 1.60. The van der Waals surface area contributed by atoms with E-state index in [1.807, 2.05) is 60.4 Å². The Kier molecular flexibility index (Phi) is 6.25. The quantitative estimate of drug-likeness (QED) is 0.666. The molecule has 0 spiro atoms. The molecule has 1 saturated heterocycles. The van der Waals surface area contributed by atoms with E-state index < -0.39 is 5.66 Å². The molecule has 2 aromatic rings. The van der Waals surface area contributed by atoms with Gasteiger partial charge in [0.25, 0.3) is 5.91 Å². The molecule has 160 valence electrons. The van der Waals surface area contributed by atoms with E-state index in [9.17, 15) is 4.79 Å². The summed E-state index contributed by atoms with van der Waals surface area (Å²) >= 11 is 0. The van der Waals surface area contributed by atoms with Crippen LogP contribution >= 0.6 is 0 Å². The minimum atomic E-state index is -0.679. The summed E-state index contributed by atoms with van der Waals surface area (Å²) in [5.41, 5.74) is 1.87. The zero-order valence-electron chi connectivity index (χ0n) is 17.7. The molecule has 2 aliphatic heterocycles. The van der Waals surface area contributed by atoms with E-state index in [-0.39, 0.29) is 12.0 Å². The summed E-state index contributed by atoms with van der Waals surface area (Å²) in [7, 11) is 0. The predicted octanol–water partition coefficient (Wildman–Crippen LogP) is 4.02. The molecule has 2 atom stereocenters. The molecule has 0 radical (unpaired) electrons. The Morgan fingerprint density at radius 3 is 2.70 bits per heavy atom. The van der Waals surface area contributed by atoms with Crippen LogP contribution in [0.1, 0.15) is 42.6 Å². The maximum absolute atomic E-state index is 13.5. The van der Waals surface area contributed by atoms with Crippen molar-refractivity contribution in [2.24, 2.45) is 0 Å². The number of fused-ring (bicyclic) bond motifs is 1.